The zero-order valence-corrected chi connectivity index (χ0v) is 14.2. The Bertz CT molecular complexity index is 498. The molecule has 0 saturated carbocycles. The number of hydrogen-bond donors (Lipinski definition) is 2. The molecule has 23 heavy (non-hydrogen) atoms. The summed E-state index contributed by atoms with van der Waals surface area (Å²) in [6, 6.07) is 7.27. The highest BCUT2D eigenvalue weighted by molar-refractivity contribution is 5.77. The largest absolute Gasteiger partial charge is 0.484 e. The Hall–Kier alpha value is -2.08. The summed E-state index contributed by atoms with van der Waals surface area (Å²) in [4.78, 5) is 24.9. The predicted molar refractivity (Wildman–Crippen MR) is 90.2 cm³/mol. The van der Waals surface area contributed by atoms with Crippen molar-refractivity contribution in [1.29, 1.82) is 0 Å². The fraction of sp³-hybridized carbons (Fsp3) is 0.529. The summed E-state index contributed by atoms with van der Waals surface area (Å²) in [5.74, 6) is 0.0655. The number of carbonyl (C=O) groups excluding carboxylic acids is 2. The van der Waals surface area contributed by atoms with E-state index in [2.05, 4.69) is 31.0 Å². The third-order valence-corrected chi connectivity index (χ3v) is 3.70. The Balaban J connectivity index is 2.34. The average molecular weight is 321 g/mol. The van der Waals surface area contributed by atoms with Gasteiger partial charge < -0.3 is 15.8 Å². The second-order valence-electron chi connectivity index (χ2n) is 5.45. The molecule has 6 heteroatoms. The van der Waals surface area contributed by atoms with Crippen molar-refractivity contribution in [2.75, 3.05) is 26.2 Å². The van der Waals surface area contributed by atoms with Gasteiger partial charge in [0.15, 0.2) is 6.61 Å². The highest BCUT2D eigenvalue weighted by Gasteiger charge is 2.11. The van der Waals surface area contributed by atoms with Crippen LogP contribution in [0, 0.1) is 0 Å². The molecule has 0 aromatic heterocycles. The standard InChI is InChI=1S/C17H27N3O3/c1-4-20(5-2)13(3)11-19-17(22)12-23-15-8-6-14(7-9-15)10-16(18)21/h6-9,13H,4-5,10-12H2,1-3H3,(H2,18,21)(H,19,22)/t13-/m1/s1. The van der Waals surface area contributed by atoms with Crippen LogP contribution in [-0.2, 0) is 16.0 Å². The van der Waals surface area contributed by atoms with E-state index in [1.807, 2.05) is 0 Å². The van der Waals surface area contributed by atoms with Crippen LogP contribution in [-0.4, -0.2) is 49.0 Å². The number of ether oxygens (including phenoxy) is 1. The lowest BCUT2D eigenvalue weighted by Gasteiger charge is -2.26. The van der Waals surface area contributed by atoms with E-state index in [0.717, 1.165) is 18.7 Å². The predicted octanol–water partition coefficient (Wildman–Crippen LogP) is 0.940. The van der Waals surface area contributed by atoms with Crippen molar-refractivity contribution in [3.8, 4) is 5.75 Å². The molecule has 2 amide bonds. The van der Waals surface area contributed by atoms with Gasteiger partial charge in [-0.1, -0.05) is 26.0 Å². The Morgan fingerprint density at radius 3 is 2.35 bits per heavy atom. The molecule has 0 bridgehead atoms. The summed E-state index contributed by atoms with van der Waals surface area (Å²) in [6.45, 7) is 8.79. The maximum Gasteiger partial charge on any atom is 0.257 e. The first-order chi connectivity index (χ1) is 11.0. The minimum absolute atomic E-state index is 0.0276. The number of amides is 2. The zero-order chi connectivity index (χ0) is 17.2. The second-order valence-corrected chi connectivity index (χ2v) is 5.45. The van der Waals surface area contributed by atoms with Gasteiger partial charge in [-0.25, -0.2) is 0 Å². The Morgan fingerprint density at radius 1 is 1.22 bits per heavy atom. The molecule has 0 radical (unpaired) electrons. The molecule has 1 atom stereocenters. The third-order valence-electron chi connectivity index (χ3n) is 3.70. The monoisotopic (exact) mass is 321 g/mol. The van der Waals surface area contributed by atoms with Crippen LogP contribution in [0.2, 0.25) is 0 Å². The summed E-state index contributed by atoms with van der Waals surface area (Å²) in [7, 11) is 0. The normalized spacial score (nSPS) is 12.0. The van der Waals surface area contributed by atoms with E-state index in [-0.39, 0.29) is 24.8 Å². The number of carbonyl (C=O) groups is 2. The number of rotatable bonds is 10. The number of primary amides is 1. The molecular formula is C17H27N3O3. The van der Waals surface area contributed by atoms with Gasteiger partial charge in [0.2, 0.25) is 5.91 Å². The molecule has 1 aromatic carbocycles. The molecule has 0 aliphatic rings. The molecule has 0 aliphatic carbocycles. The van der Waals surface area contributed by atoms with Crippen LogP contribution in [0.25, 0.3) is 0 Å². The minimum atomic E-state index is -0.375. The Kier molecular flexibility index (Phi) is 8.11. The number of nitrogens with two attached hydrogens (primary N) is 1. The van der Waals surface area contributed by atoms with E-state index in [1.54, 1.807) is 24.3 Å². The van der Waals surface area contributed by atoms with Gasteiger partial charge in [0.05, 0.1) is 6.42 Å². The molecule has 128 valence electrons. The summed E-state index contributed by atoms with van der Waals surface area (Å²) >= 11 is 0. The second kappa shape index (κ2) is 9.84. The van der Waals surface area contributed by atoms with Crippen LogP contribution in [0.4, 0.5) is 0 Å². The summed E-state index contributed by atoms with van der Waals surface area (Å²) in [5.41, 5.74) is 5.95. The van der Waals surface area contributed by atoms with E-state index in [1.165, 1.54) is 0 Å². The first kappa shape index (κ1) is 19.0. The van der Waals surface area contributed by atoms with Gasteiger partial charge in [0.1, 0.15) is 5.75 Å². The molecule has 0 spiro atoms. The van der Waals surface area contributed by atoms with E-state index in [4.69, 9.17) is 10.5 Å². The highest BCUT2D eigenvalue weighted by atomic mass is 16.5. The summed E-state index contributed by atoms with van der Waals surface area (Å²) in [5, 5.41) is 2.87. The van der Waals surface area contributed by atoms with Crippen molar-refractivity contribution in [3.05, 3.63) is 29.8 Å². The smallest absolute Gasteiger partial charge is 0.257 e. The molecule has 0 heterocycles. The molecular weight excluding hydrogens is 294 g/mol. The van der Waals surface area contributed by atoms with Gasteiger partial charge in [-0.3, -0.25) is 14.5 Å². The SMILES string of the molecule is CCN(CC)[C@H](C)CNC(=O)COc1ccc(CC(N)=O)cc1. The number of benzene rings is 1. The van der Waals surface area contributed by atoms with E-state index in [9.17, 15) is 9.59 Å². The van der Waals surface area contributed by atoms with E-state index >= 15 is 0 Å². The van der Waals surface area contributed by atoms with Crippen molar-refractivity contribution in [2.45, 2.75) is 33.2 Å². The number of nitrogens with zero attached hydrogens (tertiary/aromatic N) is 1. The molecule has 3 N–H and O–H groups in total. The molecule has 0 unspecified atom stereocenters. The van der Waals surface area contributed by atoms with Crippen LogP contribution in [0.3, 0.4) is 0 Å². The number of hydrogen-bond acceptors (Lipinski definition) is 4. The van der Waals surface area contributed by atoms with Gasteiger partial charge >= 0.3 is 0 Å². The molecule has 0 fully saturated rings. The number of nitrogens with one attached hydrogen (secondary N) is 1. The van der Waals surface area contributed by atoms with Crippen LogP contribution in [0.15, 0.2) is 24.3 Å². The van der Waals surface area contributed by atoms with Crippen LogP contribution < -0.4 is 15.8 Å². The molecule has 0 aliphatic heterocycles. The fourth-order valence-corrected chi connectivity index (χ4v) is 2.34. The van der Waals surface area contributed by atoms with Crippen molar-refractivity contribution in [1.82, 2.24) is 10.2 Å². The maximum absolute atomic E-state index is 11.8. The average Bonchev–Trinajstić information content (AvgIpc) is 2.53. The van der Waals surface area contributed by atoms with Gasteiger partial charge in [-0.2, -0.15) is 0 Å². The Labute approximate surface area is 138 Å². The molecule has 1 aromatic rings. The quantitative estimate of drug-likeness (QED) is 0.672. The van der Waals surface area contributed by atoms with Gasteiger partial charge in [-0.15, -0.1) is 0 Å². The molecule has 0 saturated heterocycles. The summed E-state index contributed by atoms with van der Waals surface area (Å²) < 4.78 is 5.43. The van der Waals surface area contributed by atoms with E-state index in [0.29, 0.717) is 18.3 Å². The van der Waals surface area contributed by atoms with Crippen molar-refractivity contribution >= 4 is 11.8 Å². The highest BCUT2D eigenvalue weighted by Crippen LogP contribution is 2.12. The van der Waals surface area contributed by atoms with Crippen LogP contribution in [0.5, 0.6) is 5.75 Å². The lowest BCUT2D eigenvalue weighted by molar-refractivity contribution is -0.123. The van der Waals surface area contributed by atoms with Crippen LogP contribution >= 0.6 is 0 Å². The third kappa shape index (κ3) is 7.15. The summed E-state index contributed by atoms with van der Waals surface area (Å²) in [6.07, 6.45) is 0.198. The molecule has 6 nitrogen and oxygen atoms in total. The van der Waals surface area contributed by atoms with Gasteiger partial charge in [0.25, 0.3) is 5.91 Å². The first-order valence-electron chi connectivity index (χ1n) is 7.97. The lowest BCUT2D eigenvalue weighted by atomic mass is 10.1. The van der Waals surface area contributed by atoms with Gasteiger partial charge in [-0.05, 0) is 37.7 Å². The Morgan fingerprint density at radius 2 is 1.83 bits per heavy atom. The maximum atomic E-state index is 11.8. The topological polar surface area (TPSA) is 84.7 Å². The van der Waals surface area contributed by atoms with Crippen molar-refractivity contribution in [3.63, 3.8) is 0 Å². The minimum Gasteiger partial charge on any atom is -0.484 e. The fourth-order valence-electron chi connectivity index (χ4n) is 2.34. The van der Waals surface area contributed by atoms with Crippen molar-refractivity contribution < 1.29 is 14.3 Å². The van der Waals surface area contributed by atoms with E-state index < -0.39 is 0 Å². The van der Waals surface area contributed by atoms with Crippen LogP contribution in [0.1, 0.15) is 26.3 Å². The lowest BCUT2D eigenvalue weighted by Crippen LogP contribution is -2.43. The number of likely N-dealkylation sites (N-methyl/N-ethyl adjacent to an activating group) is 1. The molecule has 1 rings (SSSR count). The zero-order valence-electron chi connectivity index (χ0n) is 14.2. The van der Waals surface area contributed by atoms with Gasteiger partial charge in [0, 0.05) is 12.6 Å². The van der Waals surface area contributed by atoms with Crippen molar-refractivity contribution in [2.24, 2.45) is 5.73 Å². The first-order valence-corrected chi connectivity index (χ1v) is 7.97.